The largest absolute Gasteiger partial charge is 0.338 e. The number of carbonyl (C=O) groups excluding carboxylic acids is 3. The van der Waals surface area contributed by atoms with Crippen molar-refractivity contribution in [2.24, 2.45) is 0 Å². The Hall–Kier alpha value is -4.04. The lowest BCUT2D eigenvalue weighted by Crippen LogP contribution is -2.35. The van der Waals surface area contributed by atoms with Gasteiger partial charge in [-0.3, -0.25) is 14.5 Å². The number of imide groups is 1. The number of benzene rings is 3. The van der Waals surface area contributed by atoms with Gasteiger partial charge in [-0.25, -0.2) is 9.78 Å². The average Bonchev–Trinajstić information content (AvgIpc) is 3.36. The van der Waals surface area contributed by atoms with Crippen molar-refractivity contribution in [3.8, 4) is 10.6 Å². The number of nitrogens with zero attached hydrogens (tertiary/aromatic N) is 2. The Morgan fingerprint density at radius 1 is 0.971 bits per heavy atom. The highest BCUT2D eigenvalue weighted by molar-refractivity contribution is 7.21. The Morgan fingerprint density at radius 3 is 2.38 bits per heavy atom. The SMILES string of the molecule is Cc1ccc2nc(-c3ccc(NC(=O)NCCCN4C(=O)c5ccccc5C4=O)cc3)sc2c1. The first kappa shape index (κ1) is 21.8. The van der Waals surface area contributed by atoms with Crippen molar-refractivity contribution in [3.05, 3.63) is 83.4 Å². The minimum atomic E-state index is -0.342. The normalized spacial score (nSPS) is 12.8. The third kappa shape index (κ3) is 4.27. The molecular weight excluding hydrogens is 448 g/mol. The summed E-state index contributed by atoms with van der Waals surface area (Å²) in [6.45, 7) is 2.65. The smallest absolute Gasteiger partial charge is 0.319 e. The molecule has 0 radical (unpaired) electrons. The van der Waals surface area contributed by atoms with Crippen molar-refractivity contribution in [1.82, 2.24) is 15.2 Å². The number of nitrogens with one attached hydrogen (secondary N) is 2. The molecule has 2 N–H and O–H groups in total. The standard InChI is InChI=1S/C26H22N4O3S/c1-16-7-12-21-22(15-16)34-23(29-21)17-8-10-18(11-9-17)28-26(33)27-13-4-14-30-24(31)19-5-2-3-6-20(19)25(30)32/h2-3,5-12,15H,4,13-14H2,1H3,(H2,27,28,33). The third-order valence-corrected chi connectivity index (χ3v) is 6.72. The van der Waals surface area contributed by atoms with E-state index in [9.17, 15) is 14.4 Å². The quantitative estimate of drug-likeness (QED) is 0.304. The lowest BCUT2D eigenvalue weighted by Gasteiger charge is -2.14. The average molecular weight is 471 g/mol. The molecule has 0 atom stereocenters. The summed E-state index contributed by atoms with van der Waals surface area (Å²) >= 11 is 1.64. The number of thiazole rings is 1. The van der Waals surface area contributed by atoms with Gasteiger partial charge in [-0.2, -0.15) is 0 Å². The second-order valence-electron chi connectivity index (χ2n) is 8.11. The third-order valence-electron chi connectivity index (χ3n) is 5.66. The Bertz CT molecular complexity index is 1380. The summed E-state index contributed by atoms with van der Waals surface area (Å²) in [5, 5.41) is 6.50. The van der Waals surface area contributed by atoms with Gasteiger partial charge in [0.2, 0.25) is 0 Å². The van der Waals surface area contributed by atoms with Gasteiger partial charge in [0.15, 0.2) is 0 Å². The van der Waals surface area contributed by atoms with E-state index >= 15 is 0 Å². The number of amides is 4. The molecule has 4 amide bonds. The zero-order valence-corrected chi connectivity index (χ0v) is 19.3. The molecule has 0 unspecified atom stereocenters. The number of hydrogen-bond acceptors (Lipinski definition) is 5. The number of anilines is 1. The highest BCUT2D eigenvalue weighted by atomic mass is 32.1. The van der Waals surface area contributed by atoms with Crippen LogP contribution >= 0.6 is 11.3 Å². The molecule has 1 aromatic heterocycles. The van der Waals surface area contributed by atoms with Crippen LogP contribution in [0.2, 0.25) is 0 Å². The fourth-order valence-electron chi connectivity index (χ4n) is 3.91. The van der Waals surface area contributed by atoms with Crippen LogP contribution in [0.25, 0.3) is 20.8 Å². The van der Waals surface area contributed by atoms with Crippen LogP contribution in [0, 0.1) is 6.92 Å². The van der Waals surface area contributed by atoms with Crippen LogP contribution in [0.4, 0.5) is 10.5 Å². The Kier molecular flexibility index (Phi) is 5.81. The first-order valence-electron chi connectivity index (χ1n) is 11.0. The van der Waals surface area contributed by atoms with Gasteiger partial charge in [0.1, 0.15) is 5.01 Å². The van der Waals surface area contributed by atoms with Crippen molar-refractivity contribution in [1.29, 1.82) is 0 Å². The van der Waals surface area contributed by atoms with Gasteiger partial charge >= 0.3 is 6.03 Å². The van der Waals surface area contributed by atoms with E-state index in [-0.39, 0.29) is 24.4 Å². The molecular formula is C26H22N4O3S. The van der Waals surface area contributed by atoms with E-state index in [4.69, 9.17) is 0 Å². The van der Waals surface area contributed by atoms with Crippen molar-refractivity contribution in [2.45, 2.75) is 13.3 Å². The molecule has 170 valence electrons. The summed E-state index contributed by atoms with van der Waals surface area (Å²) in [6, 6.07) is 20.2. The number of carbonyl (C=O) groups is 3. The summed E-state index contributed by atoms with van der Waals surface area (Å²) in [6.07, 6.45) is 0.467. The minimum Gasteiger partial charge on any atom is -0.338 e. The van der Waals surface area contributed by atoms with Gasteiger partial charge in [0.25, 0.3) is 11.8 Å². The van der Waals surface area contributed by atoms with E-state index in [1.165, 1.54) is 10.5 Å². The second kappa shape index (κ2) is 9.07. The van der Waals surface area contributed by atoms with E-state index < -0.39 is 0 Å². The minimum absolute atomic E-state index is 0.253. The van der Waals surface area contributed by atoms with Crippen molar-refractivity contribution < 1.29 is 14.4 Å². The number of urea groups is 1. The molecule has 0 saturated carbocycles. The zero-order chi connectivity index (χ0) is 23.7. The lowest BCUT2D eigenvalue weighted by atomic mass is 10.1. The molecule has 1 aliphatic heterocycles. The van der Waals surface area contributed by atoms with Crippen LogP contribution in [-0.4, -0.2) is 40.8 Å². The summed E-state index contributed by atoms with van der Waals surface area (Å²) in [7, 11) is 0. The Morgan fingerprint density at radius 2 is 1.68 bits per heavy atom. The van der Waals surface area contributed by atoms with Gasteiger partial charge in [-0.05, 0) is 67.4 Å². The molecule has 0 aliphatic carbocycles. The predicted octanol–water partition coefficient (Wildman–Crippen LogP) is 5.08. The van der Waals surface area contributed by atoms with E-state index in [0.29, 0.717) is 29.8 Å². The maximum atomic E-state index is 12.4. The van der Waals surface area contributed by atoms with Crippen molar-refractivity contribution in [3.63, 3.8) is 0 Å². The van der Waals surface area contributed by atoms with Crippen molar-refractivity contribution >= 4 is 45.1 Å². The summed E-state index contributed by atoms with van der Waals surface area (Å²) in [4.78, 5) is 42.9. The van der Waals surface area contributed by atoms with Crippen LogP contribution in [0.3, 0.4) is 0 Å². The van der Waals surface area contributed by atoms with Crippen molar-refractivity contribution in [2.75, 3.05) is 18.4 Å². The van der Waals surface area contributed by atoms with Gasteiger partial charge in [0, 0.05) is 24.3 Å². The first-order valence-corrected chi connectivity index (χ1v) is 11.8. The van der Waals surface area contributed by atoms with Crippen LogP contribution < -0.4 is 10.6 Å². The second-order valence-corrected chi connectivity index (χ2v) is 9.14. The van der Waals surface area contributed by atoms with Crippen LogP contribution in [-0.2, 0) is 0 Å². The first-order chi connectivity index (χ1) is 16.5. The van der Waals surface area contributed by atoms with E-state index in [1.807, 2.05) is 30.3 Å². The van der Waals surface area contributed by atoms with Gasteiger partial charge < -0.3 is 10.6 Å². The molecule has 2 heterocycles. The highest BCUT2D eigenvalue weighted by Gasteiger charge is 2.34. The van der Waals surface area contributed by atoms with E-state index in [0.717, 1.165) is 20.8 Å². The van der Waals surface area contributed by atoms with Crippen LogP contribution in [0.15, 0.2) is 66.7 Å². The topological polar surface area (TPSA) is 91.4 Å². The molecule has 0 bridgehead atoms. The Labute approximate surface area is 200 Å². The lowest BCUT2D eigenvalue weighted by molar-refractivity contribution is 0.0653. The highest BCUT2D eigenvalue weighted by Crippen LogP contribution is 2.31. The number of rotatable bonds is 6. The van der Waals surface area contributed by atoms with E-state index in [2.05, 4.69) is 34.7 Å². The molecule has 8 heteroatoms. The fraction of sp³-hybridized carbons (Fsp3) is 0.154. The zero-order valence-electron chi connectivity index (χ0n) is 18.5. The molecule has 3 aromatic carbocycles. The molecule has 1 aliphatic rings. The molecule has 5 rings (SSSR count). The summed E-state index contributed by atoms with van der Waals surface area (Å²) in [5.74, 6) is -0.568. The fourth-order valence-corrected chi connectivity index (χ4v) is 4.98. The van der Waals surface area contributed by atoms with Crippen LogP contribution in [0.5, 0.6) is 0 Å². The maximum Gasteiger partial charge on any atom is 0.319 e. The number of fused-ring (bicyclic) bond motifs is 2. The van der Waals surface area contributed by atoms with Crippen LogP contribution in [0.1, 0.15) is 32.7 Å². The number of hydrogen-bond donors (Lipinski definition) is 2. The maximum absolute atomic E-state index is 12.4. The Balaban J connectivity index is 1.11. The summed E-state index contributed by atoms with van der Waals surface area (Å²) in [5.41, 5.74) is 4.71. The van der Waals surface area contributed by atoms with Gasteiger partial charge in [-0.1, -0.05) is 18.2 Å². The van der Waals surface area contributed by atoms with Gasteiger partial charge in [0.05, 0.1) is 21.3 Å². The predicted molar refractivity (Wildman–Crippen MR) is 133 cm³/mol. The molecule has 4 aromatic rings. The summed E-state index contributed by atoms with van der Waals surface area (Å²) < 4.78 is 1.15. The van der Waals surface area contributed by atoms with Gasteiger partial charge in [-0.15, -0.1) is 11.3 Å². The molecule has 7 nitrogen and oxygen atoms in total. The van der Waals surface area contributed by atoms with E-state index in [1.54, 1.807) is 35.6 Å². The number of aromatic nitrogens is 1. The molecule has 0 spiro atoms. The molecule has 0 saturated heterocycles. The molecule has 0 fully saturated rings. The number of aryl methyl sites for hydroxylation is 1. The molecule has 34 heavy (non-hydrogen) atoms. The monoisotopic (exact) mass is 470 g/mol.